The molecule has 1 saturated carbocycles. The minimum absolute atomic E-state index is 0.00823. The van der Waals surface area contributed by atoms with Crippen LogP contribution in [0.2, 0.25) is 5.02 Å². The molecule has 0 amide bonds. The quantitative estimate of drug-likeness (QED) is 0.478. The Hall–Kier alpha value is -1.40. The molecule has 0 aromatic heterocycles. The number of likely N-dealkylation sites (tertiary alicyclic amines) is 1. The summed E-state index contributed by atoms with van der Waals surface area (Å²) >= 11 is 11.7. The van der Waals surface area contributed by atoms with Gasteiger partial charge >= 0.3 is 0 Å². The highest BCUT2D eigenvalue weighted by atomic mass is 35.5. The zero-order valence-corrected chi connectivity index (χ0v) is 14.4. The smallest absolute Gasteiger partial charge is 0.271 e. The fraction of sp³-hybridized carbons (Fsp3) is 0.562. The zero-order valence-electron chi connectivity index (χ0n) is 12.8. The Balaban J connectivity index is 1.75. The highest BCUT2D eigenvalue weighted by Crippen LogP contribution is 2.36. The van der Waals surface area contributed by atoms with Gasteiger partial charge in [-0.25, -0.2) is 0 Å². The van der Waals surface area contributed by atoms with Gasteiger partial charge in [0.05, 0.1) is 15.6 Å². The SMILES string of the molecule is O=[N+]([O-])c1ccc(Cl)c(NC(=S)N2CCC[C@H]3CCCC[C@@H]32)c1. The molecule has 1 N–H and O–H groups in total. The number of nitrogens with zero attached hydrogens (tertiary/aromatic N) is 2. The molecule has 1 aromatic carbocycles. The summed E-state index contributed by atoms with van der Waals surface area (Å²) in [6.45, 7) is 0.944. The van der Waals surface area contributed by atoms with E-state index in [1.807, 2.05) is 0 Å². The molecular weight excluding hydrogens is 334 g/mol. The Kier molecular flexibility index (Phi) is 5.02. The van der Waals surface area contributed by atoms with Gasteiger partial charge in [0, 0.05) is 24.7 Å². The average Bonchev–Trinajstić information content (AvgIpc) is 2.56. The normalized spacial score (nSPS) is 24.0. The summed E-state index contributed by atoms with van der Waals surface area (Å²) in [5, 5.41) is 15.1. The molecule has 1 heterocycles. The molecule has 0 bridgehead atoms. The van der Waals surface area contributed by atoms with Gasteiger partial charge in [-0.1, -0.05) is 24.4 Å². The highest BCUT2D eigenvalue weighted by molar-refractivity contribution is 7.80. The van der Waals surface area contributed by atoms with E-state index in [1.165, 1.54) is 50.3 Å². The maximum Gasteiger partial charge on any atom is 0.271 e. The number of thiocarbonyl (C=S) groups is 1. The molecule has 0 radical (unpaired) electrons. The molecule has 1 aliphatic carbocycles. The number of benzene rings is 1. The van der Waals surface area contributed by atoms with E-state index in [-0.39, 0.29) is 5.69 Å². The number of nitrogens with one attached hydrogen (secondary N) is 1. The van der Waals surface area contributed by atoms with Gasteiger partial charge in [-0.15, -0.1) is 0 Å². The van der Waals surface area contributed by atoms with Crippen LogP contribution in [-0.2, 0) is 0 Å². The van der Waals surface area contributed by atoms with E-state index < -0.39 is 4.92 Å². The molecular formula is C16H20ClN3O2S. The van der Waals surface area contributed by atoms with Gasteiger partial charge < -0.3 is 10.2 Å². The first-order valence-corrected chi connectivity index (χ1v) is 8.86. The first-order valence-electron chi connectivity index (χ1n) is 8.08. The predicted molar refractivity (Wildman–Crippen MR) is 96.0 cm³/mol. The van der Waals surface area contributed by atoms with Crippen LogP contribution in [0.4, 0.5) is 11.4 Å². The van der Waals surface area contributed by atoms with Crippen molar-refractivity contribution in [1.82, 2.24) is 4.90 Å². The molecule has 5 nitrogen and oxygen atoms in total. The van der Waals surface area contributed by atoms with E-state index in [0.717, 1.165) is 18.9 Å². The van der Waals surface area contributed by atoms with Crippen molar-refractivity contribution in [1.29, 1.82) is 0 Å². The maximum atomic E-state index is 10.9. The number of nitro groups is 1. The second-order valence-corrected chi connectivity index (χ2v) is 7.09. The van der Waals surface area contributed by atoms with E-state index in [1.54, 1.807) is 0 Å². The summed E-state index contributed by atoms with van der Waals surface area (Å²) in [6, 6.07) is 4.87. The third-order valence-corrected chi connectivity index (χ3v) is 5.57. The molecule has 0 unspecified atom stereocenters. The number of fused-ring (bicyclic) bond motifs is 1. The lowest BCUT2D eigenvalue weighted by Gasteiger charge is -2.45. The molecule has 1 aromatic rings. The summed E-state index contributed by atoms with van der Waals surface area (Å²) in [4.78, 5) is 12.8. The largest absolute Gasteiger partial charge is 0.346 e. The maximum absolute atomic E-state index is 10.9. The Bertz CT molecular complexity index is 623. The fourth-order valence-electron chi connectivity index (χ4n) is 3.79. The monoisotopic (exact) mass is 353 g/mol. The van der Waals surface area contributed by atoms with Crippen LogP contribution in [0.25, 0.3) is 0 Å². The number of non-ortho nitro benzene ring substituents is 1. The van der Waals surface area contributed by atoms with Gasteiger partial charge in [0.2, 0.25) is 0 Å². The van der Waals surface area contributed by atoms with Crippen LogP contribution in [0.5, 0.6) is 0 Å². The lowest BCUT2D eigenvalue weighted by molar-refractivity contribution is -0.384. The molecule has 3 rings (SSSR count). The van der Waals surface area contributed by atoms with E-state index in [4.69, 9.17) is 23.8 Å². The fourth-order valence-corrected chi connectivity index (χ4v) is 4.29. The van der Waals surface area contributed by atoms with Crippen LogP contribution in [0.3, 0.4) is 0 Å². The standard InChI is InChI=1S/C16H20ClN3O2S/c17-13-8-7-12(20(21)22)10-14(13)18-16(23)19-9-3-5-11-4-1-2-6-15(11)19/h7-8,10-11,15H,1-6,9H2,(H,18,23)/t11-,15+/m1/s1. The van der Waals surface area contributed by atoms with Crippen molar-refractivity contribution in [3.05, 3.63) is 33.3 Å². The number of rotatable bonds is 2. The summed E-state index contributed by atoms with van der Waals surface area (Å²) in [5.74, 6) is 0.720. The van der Waals surface area contributed by atoms with E-state index in [2.05, 4.69) is 10.2 Å². The van der Waals surface area contributed by atoms with Gasteiger partial charge in [0.15, 0.2) is 5.11 Å². The van der Waals surface area contributed by atoms with E-state index in [0.29, 0.717) is 21.9 Å². The van der Waals surface area contributed by atoms with Crippen molar-refractivity contribution < 1.29 is 4.92 Å². The van der Waals surface area contributed by atoms with Crippen molar-refractivity contribution in [2.45, 2.75) is 44.6 Å². The third kappa shape index (κ3) is 3.58. The van der Waals surface area contributed by atoms with Gasteiger partial charge in [-0.05, 0) is 49.9 Å². The second kappa shape index (κ2) is 7.01. The number of hydrogen-bond acceptors (Lipinski definition) is 3. The molecule has 1 aliphatic heterocycles. The van der Waals surface area contributed by atoms with Crippen LogP contribution in [0.1, 0.15) is 38.5 Å². The van der Waals surface area contributed by atoms with Crippen molar-refractivity contribution in [2.24, 2.45) is 5.92 Å². The molecule has 2 atom stereocenters. The predicted octanol–water partition coefficient (Wildman–Crippen LogP) is 4.60. The topological polar surface area (TPSA) is 58.4 Å². The lowest BCUT2D eigenvalue weighted by Crippen LogP contribution is -2.51. The van der Waals surface area contributed by atoms with Crippen molar-refractivity contribution in [3.63, 3.8) is 0 Å². The van der Waals surface area contributed by atoms with Gasteiger partial charge in [0.1, 0.15) is 0 Å². The summed E-state index contributed by atoms with van der Waals surface area (Å²) in [5.41, 5.74) is 0.512. The Morgan fingerprint density at radius 1 is 1.30 bits per heavy atom. The molecule has 23 heavy (non-hydrogen) atoms. The first kappa shape index (κ1) is 16.5. The Morgan fingerprint density at radius 2 is 2.04 bits per heavy atom. The van der Waals surface area contributed by atoms with Crippen LogP contribution >= 0.6 is 23.8 Å². The van der Waals surface area contributed by atoms with Crippen LogP contribution in [-0.4, -0.2) is 27.5 Å². The average molecular weight is 354 g/mol. The molecule has 2 fully saturated rings. The lowest BCUT2D eigenvalue weighted by atomic mass is 9.78. The number of halogens is 1. The van der Waals surface area contributed by atoms with Crippen molar-refractivity contribution >= 4 is 40.3 Å². The van der Waals surface area contributed by atoms with Crippen LogP contribution in [0.15, 0.2) is 18.2 Å². The third-order valence-electron chi connectivity index (χ3n) is 4.91. The number of anilines is 1. The molecule has 7 heteroatoms. The number of nitro benzene ring substituents is 1. The Labute approximate surface area is 146 Å². The zero-order chi connectivity index (χ0) is 16.4. The summed E-state index contributed by atoms with van der Waals surface area (Å²) in [7, 11) is 0. The van der Waals surface area contributed by atoms with Crippen LogP contribution < -0.4 is 5.32 Å². The highest BCUT2D eigenvalue weighted by Gasteiger charge is 2.34. The van der Waals surface area contributed by atoms with Crippen molar-refractivity contribution in [2.75, 3.05) is 11.9 Å². The molecule has 2 aliphatic rings. The van der Waals surface area contributed by atoms with Gasteiger partial charge in [0.25, 0.3) is 5.69 Å². The van der Waals surface area contributed by atoms with E-state index in [9.17, 15) is 10.1 Å². The summed E-state index contributed by atoms with van der Waals surface area (Å²) < 4.78 is 0. The second-order valence-electron chi connectivity index (χ2n) is 6.30. The number of hydrogen-bond donors (Lipinski definition) is 1. The minimum Gasteiger partial charge on any atom is -0.346 e. The number of piperidine rings is 1. The summed E-state index contributed by atoms with van der Waals surface area (Å²) in [6.07, 6.45) is 7.44. The minimum atomic E-state index is -0.428. The van der Waals surface area contributed by atoms with Gasteiger partial charge in [-0.3, -0.25) is 10.1 Å². The molecule has 124 valence electrons. The van der Waals surface area contributed by atoms with Crippen LogP contribution in [0, 0.1) is 16.0 Å². The Morgan fingerprint density at radius 3 is 2.83 bits per heavy atom. The van der Waals surface area contributed by atoms with E-state index >= 15 is 0 Å². The first-order chi connectivity index (χ1) is 11.1. The molecule has 0 spiro atoms. The van der Waals surface area contributed by atoms with Crippen molar-refractivity contribution in [3.8, 4) is 0 Å². The molecule has 1 saturated heterocycles. The van der Waals surface area contributed by atoms with Gasteiger partial charge in [-0.2, -0.15) is 0 Å².